The lowest BCUT2D eigenvalue weighted by Crippen LogP contribution is -2.44. The van der Waals surface area contributed by atoms with Gasteiger partial charge in [-0.3, -0.25) is 4.79 Å². The van der Waals surface area contributed by atoms with Crippen molar-refractivity contribution in [2.45, 2.75) is 51.2 Å². The van der Waals surface area contributed by atoms with Crippen LogP contribution in [-0.4, -0.2) is 22.9 Å². The molecule has 0 bridgehead atoms. The minimum atomic E-state index is -0.400. The quantitative estimate of drug-likeness (QED) is 0.871. The highest BCUT2D eigenvalue weighted by molar-refractivity contribution is 6.42. The predicted molar refractivity (Wildman–Crippen MR) is 82.9 cm³/mol. The van der Waals surface area contributed by atoms with Crippen LogP contribution < -0.4 is 5.73 Å². The molecule has 2 rings (SSSR count). The second-order valence-corrected chi connectivity index (χ2v) is 6.16. The van der Waals surface area contributed by atoms with Crippen molar-refractivity contribution in [3.63, 3.8) is 0 Å². The Morgan fingerprint density at radius 2 is 2.10 bits per heavy atom. The zero-order chi connectivity index (χ0) is 14.7. The van der Waals surface area contributed by atoms with Gasteiger partial charge in [-0.05, 0) is 37.0 Å². The van der Waals surface area contributed by atoms with Crippen molar-refractivity contribution in [2.24, 2.45) is 5.73 Å². The van der Waals surface area contributed by atoms with Gasteiger partial charge >= 0.3 is 0 Å². The van der Waals surface area contributed by atoms with E-state index in [0.717, 1.165) is 31.2 Å². The van der Waals surface area contributed by atoms with E-state index in [0.29, 0.717) is 22.6 Å². The molecule has 0 radical (unpaired) electrons. The molecular weight excluding hydrogens is 295 g/mol. The van der Waals surface area contributed by atoms with Crippen molar-refractivity contribution < 1.29 is 4.79 Å². The van der Waals surface area contributed by atoms with Gasteiger partial charge in [0.1, 0.15) is 0 Å². The third-order valence-electron chi connectivity index (χ3n) is 3.52. The minimum absolute atomic E-state index is 0.0421. The maximum Gasteiger partial charge on any atom is 0.240 e. The maximum absolute atomic E-state index is 12.4. The molecule has 0 aliphatic heterocycles. The molecule has 5 heteroatoms. The Kier molecular flexibility index (Phi) is 5.30. The van der Waals surface area contributed by atoms with Gasteiger partial charge in [-0.1, -0.05) is 42.6 Å². The summed E-state index contributed by atoms with van der Waals surface area (Å²) in [7, 11) is 0. The minimum Gasteiger partial charge on any atom is -0.334 e. The number of benzene rings is 1. The maximum atomic E-state index is 12.4. The summed E-state index contributed by atoms with van der Waals surface area (Å²) < 4.78 is 0. The molecule has 0 unspecified atom stereocenters. The average molecular weight is 315 g/mol. The zero-order valence-electron chi connectivity index (χ0n) is 11.6. The van der Waals surface area contributed by atoms with Gasteiger partial charge in [0.2, 0.25) is 5.91 Å². The van der Waals surface area contributed by atoms with E-state index in [-0.39, 0.29) is 5.91 Å². The lowest BCUT2D eigenvalue weighted by molar-refractivity contribution is -0.134. The highest BCUT2D eigenvalue weighted by atomic mass is 35.5. The van der Waals surface area contributed by atoms with E-state index in [4.69, 9.17) is 28.9 Å². The molecule has 1 amide bonds. The highest BCUT2D eigenvalue weighted by Crippen LogP contribution is 2.30. The summed E-state index contributed by atoms with van der Waals surface area (Å²) >= 11 is 11.9. The van der Waals surface area contributed by atoms with E-state index in [2.05, 4.69) is 0 Å². The van der Waals surface area contributed by atoms with Crippen molar-refractivity contribution in [3.8, 4) is 0 Å². The van der Waals surface area contributed by atoms with Crippen molar-refractivity contribution >= 4 is 29.1 Å². The van der Waals surface area contributed by atoms with E-state index in [1.165, 1.54) is 0 Å². The molecule has 1 aromatic carbocycles. The average Bonchev–Trinajstić information content (AvgIpc) is 3.24. The fraction of sp³-hybridized carbons (Fsp3) is 0.533. The second-order valence-electron chi connectivity index (χ2n) is 5.34. The molecule has 1 aromatic rings. The molecule has 0 saturated heterocycles. The molecule has 3 nitrogen and oxygen atoms in total. The molecule has 0 heterocycles. The van der Waals surface area contributed by atoms with Gasteiger partial charge in [-0.25, -0.2) is 0 Å². The molecule has 1 aliphatic rings. The van der Waals surface area contributed by atoms with Crippen molar-refractivity contribution in [1.29, 1.82) is 0 Å². The number of nitrogens with zero attached hydrogens (tertiary/aromatic N) is 1. The number of amides is 1. The summed E-state index contributed by atoms with van der Waals surface area (Å²) in [5, 5.41) is 1.05. The van der Waals surface area contributed by atoms with Crippen LogP contribution in [0.3, 0.4) is 0 Å². The van der Waals surface area contributed by atoms with Gasteiger partial charge in [0.25, 0.3) is 0 Å². The van der Waals surface area contributed by atoms with Crippen molar-refractivity contribution in [1.82, 2.24) is 4.90 Å². The Morgan fingerprint density at radius 3 is 2.65 bits per heavy atom. The number of carbonyl (C=O) groups is 1. The lowest BCUT2D eigenvalue weighted by atomic mass is 10.1. The third kappa shape index (κ3) is 3.87. The van der Waals surface area contributed by atoms with Gasteiger partial charge in [0.05, 0.1) is 16.1 Å². The Labute approximate surface area is 130 Å². The van der Waals surface area contributed by atoms with Crippen LogP contribution in [0.1, 0.15) is 38.2 Å². The van der Waals surface area contributed by atoms with Crippen LogP contribution >= 0.6 is 23.2 Å². The summed E-state index contributed by atoms with van der Waals surface area (Å²) in [6.45, 7) is 2.59. The van der Waals surface area contributed by atoms with Gasteiger partial charge in [-0.2, -0.15) is 0 Å². The van der Waals surface area contributed by atoms with Crippen LogP contribution in [0, 0.1) is 0 Å². The largest absolute Gasteiger partial charge is 0.334 e. The number of rotatable bonds is 6. The molecule has 20 heavy (non-hydrogen) atoms. The van der Waals surface area contributed by atoms with E-state index in [9.17, 15) is 4.79 Å². The number of halogens is 2. The van der Waals surface area contributed by atoms with E-state index < -0.39 is 6.04 Å². The van der Waals surface area contributed by atoms with Crippen molar-refractivity contribution in [3.05, 3.63) is 33.8 Å². The SMILES string of the molecule is CCC[C@@H](N)C(=O)N(Cc1ccc(Cl)c(Cl)c1)C1CC1. The molecule has 1 aliphatic carbocycles. The van der Waals surface area contributed by atoms with Crippen LogP contribution in [0.15, 0.2) is 18.2 Å². The first kappa shape index (κ1) is 15.6. The zero-order valence-corrected chi connectivity index (χ0v) is 13.1. The van der Waals surface area contributed by atoms with E-state index in [1.54, 1.807) is 6.07 Å². The molecule has 0 aromatic heterocycles. The molecule has 1 fully saturated rings. The number of hydrogen-bond donors (Lipinski definition) is 1. The smallest absolute Gasteiger partial charge is 0.240 e. The van der Waals surface area contributed by atoms with Crippen LogP contribution in [0.2, 0.25) is 10.0 Å². The Balaban J connectivity index is 2.09. The first-order valence-electron chi connectivity index (χ1n) is 7.03. The van der Waals surface area contributed by atoms with E-state index in [1.807, 2.05) is 24.0 Å². The first-order valence-corrected chi connectivity index (χ1v) is 7.78. The Bertz CT molecular complexity index is 489. The van der Waals surface area contributed by atoms with Gasteiger partial charge in [-0.15, -0.1) is 0 Å². The second kappa shape index (κ2) is 6.79. The normalized spacial score (nSPS) is 16.0. The molecular formula is C15H20Cl2N2O. The predicted octanol–water partition coefficient (Wildman–Crippen LogP) is 3.61. The van der Waals surface area contributed by atoms with Crippen molar-refractivity contribution in [2.75, 3.05) is 0 Å². The van der Waals surface area contributed by atoms with Crippen LogP contribution in [-0.2, 0) is 11.3 Å². The first-order chi connectivity index (χ1) is 9.52. The summed E-state index contributed by atoms with van der Waals surface area (Å²) in [6, 6.07) is 5.42. The van der Waals surface area contributed by atoms with Gasteiger partial charge in [0, 0.05) is 12.6 Å². The fourth-order valence-corrected chi connectivity index (χ4v) is 2.58. The highest BCUT2D eigenvalue weighted by Gasteiger charge is 2.34. The summed E-state index contributed by atoms with van der Waals surface area (Å²) in [5.74, 6) is 0.0421. The topological polar surface area (TPSA) is 46.3 Å². The summed E-state index contributed by atoms with van der Waals surface area (Å²) in [5.41, 5.74) is 6.95. The van der Waals surface area contributed by atoms with Crippen LogP contribution in [0.4, 0.5) is 0 Å². The number of hydrogen-bond acceptors (Lipinski definition) is 2. The summed E-state index contributed by atoms with van der Waals surface area (Å²) in [6.07, 6.45) is 3.76. The third-order valence-corrected chi connectivity index (χ3v) is 4.26. The van der Waals surface area contributed by atoms with Crippen LogP contribution in [0.25, 0.3) is 0 Å². The fourth-order valence-electron chi connectivity index (χ4n) is 2.26. The molecule has 1 saturated carbocycles. The van der Waals surface area contributed by atoms with E-state index >= 15 is 0 Å². The Morgan fingerprint density at radius 1 is 1.40 bits per heavy atom. The van der Waals surface area contributed by atoms with Crippen LogP contribution in [0.5, 0.6) is 0 Å². The molecule has 1 atom stereocenters. The summed E-state index contributed by atoms with van der Waals surface area (Å²) in [4.78, 5) is 14.3. The molecule has 2 N–H and O–H groups in total. The number of nitrogens with two attached hydrogens (primary N) is 1. The Hall–Kier alpha value is -0.770. The van der Waals surface area contributed by atoms with Gasteiger partial charge < -0.3 is 10.6 Å². The van der Waals surface area contributed by atoms with Gasteiger partial charge in [0.15, 0.2) is 0 Å². The standard InChI is InChI=1S/C15H20Cl2N2O/c1-2-3-14(18)15(20)19(11-5-6-11)9-10-4-7-12(16)13(17)8-10/h4,7-8,11,14H,2-3,5-6,9,18H2,1H3/t14-/m1/s1. The monoisotopic (exact) mass is 314 g/mol. The molecule has 0 spiro atoms. The number of carbonyl (C=O) groups excluding carboxylic acids is 1. The molecule has 110 valence electrons. The lowest BCUT2D eigenvalue weighted by Gasteiger charge is -2.26.